The van der Waals surface area contributed by atoms with Crippen LogP contribution in [0.5, 0.6) is 0 Å². The Bertz CT molecular complexity index is 676. The van der Waals surface area contributed by atoms with E-state index in [1.807, 2.05) is 6.92 Å². The lowest BCUT2D eigenvalue weighted by Crippen LogP contribution is -2.27. The fourth-order valence-corrected chi connectivity index (χ4v) is 6.89. The van der Waals surface area contributed by atoms with Crippen molar-refractivity contribution >= 4 is 0 Å². The molecule has 0 heterocycles. The average molecular weight is 800 g/mol. The van der Waals surface area contributed by atoms with Crippen molar-refractivity contribution in [3.63, 3.8) is 0 Å². The third kappa shape index (κ3) is 60.0. The second-order valence-electron chi connectivity index (χ2n) is 16.9. The maximum Gasteiger partial charge on any atom is 0.0931 e. The lowest BCUT2D eigenvalue weighted by molar-refractivity contribution is -0.0225. The van der Waals surface area contributed by atoms with E-state index in [0.717, 1.165) is 64.4 Å². The van der Waals surface area contributed by atoms with Gasteiger partial charge in [0, 0.05) is 20.3 Å². The molecule has 0 spiro atoms. The van der Waals surface area contributed by atoms with E-state index in [1.54, 1.807) is 0 Å². The maximum absolute atomic E-state index is 9.07. The molecule has 0 aliphatic heterocycles. The van der Waals surface area contributed by atoms with E-state index in [1.165, 1.54) is 199 Å². The number of aliphatic hydroxyl groups excluding tert-OH is 2. The molecule has 0 amide bonds. The van der Waals surface area contributed by atoms with Gasteiger partial charge in [-0.1, -0.05) is 227 Å². The summed E-state index contributed by atoms with van der Waals surface area (Å²) >= 11 is 0. The van der Waals surface area contributed by atoms with Gasteiger partial charge in [-0.05, 0) is 45.1 Å². The fourth-order valence-electron chi connectivity index (χ4n) is 6.89. The Kier molecular flexibility index (Phi) is 60.1. The Morgan fingerprint density at radius 3 is 1.16 bits per heavy atom. The van der Waals surface area contributed by atoms with E-state index in [0.29, 0.717) is 6.61 Å². The summed E-state index contributed by atoms with van der Waals surface area (Å²) in [6.07, 6.45) is 46.9. The number of unbranched alkanes of at least 4 members (excludes halogenated alkanes) is 30. The molecule has 0 aromatic heterocycles. The summed E-state index contributed by atoms with van der Waals surface area (Å²) in [7, 11) is 1.00. The van der Waals surface area contributed by atoms with Gasteiger partial charge >= 0.3 is 0 Å². The van der Waals surface area contributed by atoms with E-state index in [2.05, 4.69) is 39.6 Å². The molecule has 0 fully saturated rings. The first-order chi connectivity index (χ1) is 27.5. The van der Waals surface area contributed by atoms with Gasteiger partial charge in [-0.2, -0.15) is 0 Å². The van der Waals surface area contributed by atoms with Crippen LogP contribution in [0.25, 0.3) is 0 Å². The van der Waals surface area contributed by atoms with Gasteiger partial charge < -0.3 is 24.4 Å². The van der Waals surface area contributed by atoms with Crippen LogP contribution >= 0.6 is 0 Å². The van der Waals surface area contributed by atoms with Gasteiger partial charge in [-0.25, -0.2) is 0 Å². The van der Waals surface area contributed by atoms with Crippen LogP contribution < -0.4 is 5.32 Å². The number of nitrogens with one attached hydrogen (secondary N) is 1. The topological polar surface area (TPSA) is 80.2 Å². The minimum atomic E-state index is 0.0336. The third-order valence-corrected chi connectivity index (χ3v) is 10.6. The third-order valence-electron chi connectivity index (χ3n) is 10.6. The van der Waals surface area contributed by atoms with Crippen molar-refractivity contribution in [2.24, 2.45) is 5.92 Å². The zero-order valence-corrected chi connectivity index (χ0v) is 39.3. The highest BCUT2D eigenvalue weighted by molar-refractivity contribution is 4.73. The molecule has 0 aliphatic carbocycles. The number of aliphatic hydroxyl groups is 2. The Morgan fingerprint density at radius 1 is 0.500 bits per heavy atom. The molecule has 6 heteroatoms. The predicted molar refractivity (Wildman–Crippen MR) is 248 cm³/mol. The molecule has 6 nitrogen and oxygen atoms in total. The van der Waals surface area contributed by atoms with Gasteiger partial charge in [0.25, 0.3) is 0 Å². The van der Waals surface area contributed by atoms with Gasteiger partial charge in [0.1, 0.15) is 0 Å². The minimum Gasteiger partial charge on any atom is -0.499 e. The monoisotopic (exact) mass is 800 g/mol. The first kappa shape index (κ1) is 59.7. The Balaban J connectivity index is -0.00000222. The fraction of sp³-hybridized carbons (Fsp3) is 0.960. The highest BCUT2D eigenvalue weighted by Gasteiger charge is 2.09. The van der Waals surface area contributed by atoms with Crippen molar-refractivity contribution in [3.8, 4) is 0 Å². The molecule has 1 unspecified atom stereocenters. The SMILES string of the molecule is C=C(C)OCCC(C)C.CCCCCCCCCCCCCCCCCCOCC(CCNCO)OCCCCCCCCCCCCCCCCCC.CO. The van der Waals surface area contributed by atoms with Crippen LogP contribution in [0.4, 0.5) is 0 Å². The van der Waals surface area contributed by atoms with Crippen LogP contribution in [0, 0.1) is 5.92 Å². The normalized spacial score (nSPS) is 11.6. The molecule has 0 aliphatic rings. The largest absolute Gasteiger partial charge is 0.499 e. The van der Waals surface area contributed by atoms with Crippen LogP contribution in [0.1, 0.15) is 253 Å². The van der Waals surface area contributed by atoms with Crippen molar-refractivity contribution in [2.45, 2.75) is 259 Å². The summed E-state index contributed by atoms with van der Waals surface area (Å²) in [6.45, 7) is 18.5. The maximum atomic E-state index is 9.07. The Morgan fingerprint density at radius 2 is 0.839 bits per heavy atom. The molecule has 56 heavy (non-hydrogen) atoms. The lowest BCUT2D eigenvalue weighted by atomic mass is 10.0. The zero-order valence-electron chi connectivity index (χ0n) is 39.3. The van der Waals surface area contributed by atoms with E-state index >= 15 is 0 Å². The second-order valence-corrected chi connectivity index (χ2v) is 16.9. The lowest BCUT2D eigenvalue weighted by Gasteiger charge is -2.18. The van der Waals surface area contributed by atoms with Crippen molar-refractivity contribution in [1.29, 1.82) is 0 Å². The van der Waals surface area contributed by atoms with Crippen molar-refractivity contribution in [3.05, 3.63) is 12.3 Å². The molecular formula is C50H105NO5. The molecule has 1 atom stereocenters. The number of hydrogen-bond acceptors (Lipinski definition) is 6. The van der Waals surface area contributed by atoms with E-state index < -0.39 is 0 Å². The minimum absolute atomic E-state index is 0.0336. The summed E-state index contributed by atoms with van der Waals surface area (Å²) in [6, 6.07) is 0. The first-order valence-corrected chi connectivity index (χ1v) is 24.7. The molecule has 0 aromatic carbocycles. The summed E-state index contributed by atoms with van der Waals surface area (Å²) < 4.78 is 17.4. The molecule has 0 saturated carbocycles. The average Bonchev–Trinajstić information content (AvgIpc) is 3.19. The number of allylic oxidation sites excluding steroid dienone is 1. The molecule has 0 radical (unpaired) electrons. The number of hydrogen-bond donors (Lipinski definition) is 3. The van der Waals surface area contributed by atoms with E-state index in [4.69, 9.17) is 24.4 Å². The molecule has 0 bridgehead atoms. The van der Waals surface area contributed by atoms with E-state index in [9.17, 15) is 0 Å². The van der Waals surface area contributed by atoms with Crippen molar-refractivity contribution < 1.29 is 24.4 Å². The van der Waals surface area contributed by atoms with E-state index in [-0.39, 0.29) is 12.8 Å². The van der Waals surface area contributed by atoms with Crippen LogP contribution in [-0.4, -0.2) is 63.1 Å². The van der Waals surface area contributed by atoms with Crippen molar-refractivity contribution in [2.75, 3.05) is 46.8 Å². The van der Waals surface area contributed by atoms with Crippen LogP contribution in [-0.2, 0) is 14.2 Å². The summed E-state index contributed by atoms with van der Waals surface area (Å²) in [5.41, 5.74) is 0. The molecule has 0 saturated heterocycles. The smallest absolute Gasteiger partial charge is 0.0931 e. The van der Waals surface area contributed by atoms with Crippen molar-refractivity contribution in [1.82, 2.24) is 5.32 Å². The molecule has 340 valence electrons. The highest BCUT2D eigenvalue weighted by atomic mass is 16.5. The van der Waals surface area contributed by atoms with Crippen LogP contribution in [0.3, 0.4) is 0 Å². The Hall–Kier alpha value is -0.660. The summed E-state index contributed by atoms with van der Waals surface area (Å²) in [5.74, 6) is 1.54. The quantitative estimate of drug-likeness (QED) is 0.0323. The van der Waals surface area contributed by atoms with Crippen LogP contribution in [0.15, 0.2) is 12.3 Å². The van der Waals surface area contributed by atoms with Gasteiger partial charge in [-0.15, -0.1) is 0 Å². The second kappa shape index (κ2) is 56.4. The molecule has 3 N–H and O–H groups in total. The Labute approximate surface area is 352 Å². The molecular weight excluding hydrogens is 695 g/mol. The van der Waals surface area contributed by atoms with Gasteiger partial charge in [-0.3, -0.25) is 5.32 Å². The number of ether oxygens (including phenoxy) is 3. The molecule has 0 rings (SSSR count). The highest BCUT2D eigenvalue weighted by Crippen LogP contribution is 2.16. The zero-order chi connectivity index (χ0) is 41.8. The first-order valence-electron chi connectivity index (χ1n) is 24.7. The van der Waals surface area contributed by atoms with Gasteiger partial charge in [0.15, 0.2) is 0 Å². The standard InChI is InChI=1S/C41H85NO3.C8H16O.CH4O/c1-3-5-7-9-11-13-15-17-19-21-23-25-27-29-31-33-37-44-39-41(35-36-42-40-43)45-38-34-32-30-28-26-24-22-20-18-16-14-12-10-8-6-4-2;1-7(2)5-6-9-8(3)4;1-2/h41-43H,3-40H2,1-2H3;7H,3,5-6H2,1-2,4H3;2H,1H3. The predicted octanol–water partition coefficient (Wildman–Crippen LogP) is 15.0. The van der Waals surface area contributed by atoms with Crippen LogP contribution in [0.2, 0.25) is 0 Å². The van der Waals surface area contributed by atoms with Gasteiger partial charge in [0.05, 0.1) is 31.8 Å². The van der Waals surface area contributed by atoms with Gasteiger partial charge in [0.2, 0.25) is 0 Å². The molecule has 0 aromatic rings. The summed E-state index contributed by atoms with van der Waals surface area (Å²) in [4.78, 5) is 0. The summed E-state index contributed by atoms with van der Waals surface area (Å²) in [5, 5.41) is 19.1. The number of rotatable bonds is 45.